The quantitative estimate of drug-likeness (QED) is 0.583. The molecule has 0 radical (unpaired) electrons. The zero-order valence-electron chi connectivity index (χ0n) is 15.9. The van der Waals surface area contributed by atoms with Gasteiger partial charge in [-0.1, -0.05) is 6.07 Å². The average Bonchev–Trinajstić information content (AvgIpc) is 2.61. The van der Waals surface area contributed by atoms with E-state index < -0.39 is 23.8 Å². The smallest absolute Gasteiger partial charge is 0.339 e. The minimum absolute atomic E-state index is 0.0573. The number of ether oxygens (including phenoxy) is 3. The molecule has 2 rings (SSSR count). The van der Waals surface area contributed by atoms with E-state index in [1.54, 1.807) is 58.2 Å². The fourth-order valence-electron chi connectivity index (χ4n) is 2.43. The summed E-state index contributed by atoms with van der Waals surface area (Å²) in [6.45, 7) is 7.59. The lowest BCUT2D eigenvalue weighted by molar-refractivity contribution is -0.164. The minimum atomic E-state index is -1.69. The molecule has 7 nitrogen and oxygen atoms in total. The maximum atomic E-state index is 12.6. The van der Waals surface area contributed by atoms with Crippen molar-refractivity contribution in [2.75, 3.05) is 13.2 Å². The number of carbonyl (C=O) groups excluding carboxylic acids is 2. The van der Waals surface area contributed by atoms with Gasteiger partial charge in [-0.15, -0.1) is 0 Å². The van der Waals surface area contributed by atoms with Crippen LogP contribution in [0.25, 0.3) is 0 Å². The monoisotopic (exact) mass is 375 g/mol. The van der Waals surface area contributed by atoms with Crippen LogP contribution in [0.4, 0.5) is 0 Å². The third-order valence-corrected chi connectivity index (χ3v) is 3.52. The molecule has 0 spiro atoms. The minimum Gasteiger partial charge on any atom is -0.493 e. The van der Waals surface area contributed by atoms with Crippen LogP contribution in [-0.2, 0) is 14.3 Å². The Balaban J connectivity index is 2.33. The highest BCUT2D eigenvalue weighted by atomic mass is 16.6. The van der Waals surface area contributed by atoms with Gasteiger partial charge in [0, 0.05) is 6.54 Å². The first-order valence-electron chi connectivity index (χ1n) is 8.70. The summed E-state index contributed by atoms with van der Waals surface area (Å²) in [6.07, 6.45) is 3.26. The van der Waals surface area contributed by atoms with E-state index in [4.69, 9.17) is 14.2 Å². The van der Waals surface area contributed by atoms with Gasteiger partial charge >= 0.3 is 11.9 Å². The number of dihydropyridines is 1. The summed E-state index contributed by atoms with van der Waals surface area (Å²) >= 11 is 0. The first kappa shape index (κ1) is 20.5. The molecular weight excluding hydrogens is 350 g/mol. The molecule has 146 valence electrons. The fraction of sp³-hybridized carbons (Fsp3) is 0.400. The highest BCUT2D eigenvalue weighted by molar-refractivity contribution is 5.93. The lowest BCUT2D eigenvalue weighted by atomic mass is 10.0. The number of esters is 2. The molecule has 0 unspecified atom stereocenters. The van der Waals surface area contributed by atoms with Crippen molar-refractivity contribution in [3.05, 3.63) is 53.3 Å². The van der Waals surface area contributed by atoms with Crippen molar-refractivity contribution in [2.45, 2.75) is 39.6 Å². The number of aliphatic hydroxyl groups excluding tert-OH is 1. The average molecular weight is 375 g/mol. The highest BCUT2D eigenvalue weighted by Gasteiger charge is 2.29. The van der Waals surface area contributed by atoms with Gasteiger partial charge < -0.3 is 24.6 Å². The summed E-state index contributed by atoms with van der Waals surface area (Å²) in [5.41, 5.74) is -0.236. The van der Waals surface area contributed by atoms with E-state index in [1.807, 2.05) is 0 Å². The summed E-state index contributed by atoms with van der Waals surface area (Å²) in [7, 11) is 0. The van der Waals surface area contributed by atoms with Crippen LogP contribution < -0.4 is 10.1 Å². The molecule has 0 amide bonds. The molecule has 0 saturated carbocycles. The molecule has 0 bridgehead atoms. The summed E-state index contributed by atoms with van der Waals surface area (Å²) in [5.74, 6) is -1.09. The molecular formula is C20H25NO6. The lowest BCUT2D eigenvalue weighted by Gasteiger charge is -2.23. The molecule has 0 aliphatic carbocycles. The Bertz CT molecular complexity index is 760. The van der Waals surface area contributed by atoms with Crippen LogP contribution in [0.2, 0.25) is 0 Å². The molecule has 27 heavy (non-hydrogen) atoms. The molecule has 0 fully saturated rings. The number of hydrogen-bond donors (Lipinski definition) is 2. The number of hydrogen-bond acceptors (Lipinski definition) is 7. The Hall–Kier alpha value is -2.80. The van der Waals surface area contributed by atoms with Crippen molar-refractivity contribution in [3.8, 4) is 5.75 Å². The zero-order chi connectivity index (χ0) is 20.0. The van der Waals surface area contributed by atoms with Gasteiger partial charge in [0.05, 0.1) is 23.3 Å². The van der Waals surface area contributed by atoms with Gasteiger partial charge in [-0.2, -0.15) is 0 Å². The van der Waals surface area contributed by atoms with Crippen LogP contribution in [0.15, 0.2) is 42.1 Å². The maximum absolute atomic E-state index is 12.6. The molecule has 7 heteroatoms. The van der Waals surface area contributed by atoms with Gasteiger partial charge in [-0.25, -0.2) is 9.59 Å². The molecule has 0 aromatic heterocycles. The van der Waals surface area contributed by atoms with Crippen molar-refractivity contribution in [2.24, 2.45) is 0 Å². The molecule has 1 heterocycles. The van der Waals surface area contributed by atoms with Crippen molar-refractivity contribution in [1.29, 1.82) is 0 Å². The Kier molecular flexibility index (Phi) is 6.63. The van der Waals surface area contributed by atoms with Gasteiger partial charge in [0.1, 0.15) is 11.4 Å². The Labute approximate surface area is 158 Å². The third-order valence-electron chi connectivity index (χ3n) is 3.52. The van der Waals surface area contributed by atoms with Crippen molar-refractivity contribution >= 4 is 11.9 Å². The summed E-state index contributed by atoms with van der Waals surface area (Å²) in [4.78, 5) is 24.8. The van der Waals surface area contributed by atoms with E-state index in [9.17, 15) is 14.7 Å². The molecule has 2 N–H and O–H groups in total. The highest BCUT2D eigenvalue weighted by Crippen LogP contribution is 2.31. The fourth-order valence-corrected chi connectivity index (χ4v) is 2.43. The first-order chi connectivity index (χ1) is 12.7. The van der Waals surface area contributed by atoms with E-state index in [-0.39, 0.29) is 23.4 Å². The van der Waals surface area contributed by atoms with Crippen LogP contribution in [-0.4, -0.2) is 35.8 Å². The second-order valence-corrected chi connectivity index (χ2v) is 6.84. The van der Waals surface area contributed by atoms with Crippen molar-refractivity contribution < 1.29 is 28.9 Å². The second kappa shape index (κ2) is 8.73. The van der Waals surface area contributed by atoms with Crippen LogP contribution >= 0.6 is 0 Å². The predicted molar refractivity (Wildman–Crippen MR) is 99.1 cm³/mol. The van der Waals surface area contributed by atoms with Crippen LogP contribution in [0.1, 0.15) is 49.9 Å². The van der Waals surface area contributed by atoms with Crippen LogP contribution in [0, 0.1) is 0 Å². The van der Waals surface area contributed by atoms with E-state index in [1.165, 1.54) is 6.07 Å². The van der Waals surface area contributed by atoms with E-state index in [0.29, 0.717) is 12.2 Å². The van der Waals surface area contributed by atoms with Crippen molar-refractivity contribution in [1.82, 2.24) is 5.32 Å². The topological polar surface area (TPSA) is 94.1 Å². The largest absolute Gasteiger partial charge is 0.493 e. The third kappa shape index (κ3) is 5.59. The number of nitrogens with one attached hydrogen (secondary N) is 1. The maximum Gasteiger partial charge on any atom is 0.339 e. The van der Waals surface area contributed by atoms with E-state index in [0.717, 1.165) is 0 Å². The molecule has 1 aromatic rings. The van der Waals surface area contributed by atoms with Gasteiger partial charge in [0.2, 0.25) is 6.29 Å². The van der Waals surface area contributed by atoms with Gasteiger partial charge in [-0.05, 0) is 58.2 Å². The van der Waals surface area contributed by atoms with Crippen LogP contribution in [0.3, 0.4) is 0 Å². The number of rotatable bonds is 6. The number of benzene rings is 1. The molecule has 1 aliphatic heterocycles. The molecule has 1 aliphatic rings. The summed E-state index contributed by atoms with van der Waals surface area (Å²) in [5, 5.41) is 13.4. The van der Waals surface area contributed by atoms with Crippen LogP contribution in [0.5, 0.6) is 5.75 Å². The summed E-state index contributed by atoms with van der Waals surface area (Å²) < 4.78 is 16.1. The van der Waals surface area contributed by atoms with Crippen molar-refractivity contribution in [3.63, 3.8) is 0 Å². The molecule has 0 saturated heterocycles. The second-order valence-electron chi connectivity index (χ2n) is 6.84. The van der Waals surface area contributed by atoms with Gasteiger partial charge in [-0.3, -0.25) is 0 Å². The van der Waals surface area contributed by atoms with E-state index >= 15 is 0 Å². The molecule has 1 aromatic carbocycles. The van der Waals surface area contributed by atoms with E-state index in [2.05, 4.69) is 5.32 Å². The lowest BCUT2D eigenvalue weighted by Crippen LogP contribution is -2.26. The molecule has 1 atom stereocenters. The number of allylic oxidation sites excluding steroid dienone is 2. The number of carbonyl (C=O) groups is 2. The summed E-state index contributed by atoms with van der Waals surface area (Å²) in [6, 6.07) is 4.70. The zero-order valence-corrected chi connectivity index (χ0v) is 15.9. The predicted octanol–water partition coefficient (Wildman–Crippen LogP) is 2.62. The Morgan fingerprint density at radius 3 is 2.59 bits per heavy atom. The van der Waals surface area contributed by atoms with Gasteiger partial charge in [0.25, 0.3) is 0 Å². The number of aliphatic hydroxyl groups is 1. The first-order valence-corrected chi connectivity index (χ1v) is 8.70. The SMILES string of the molecule is CCOc1cccc(C(=O)OC(C)(C)C)c1[C@H](O)OC(=O)C1=CC=CNC1. The van der Waals surface area contributed by atoms with Gasteiger partial charge in [0.15, 0.2) is 0 Å². The standard InChI is InChI=1S/C20H25NO6/c1-5-25-15-10-6-9-14(18(23)27-20(2,3)4)16(15)19(24)26-17(22)13-8-7-11-21-12-13/h6-11,19,21,24H,5,12H2,1-4H3/t19-/m1/s1. The normalized spacial score (nSPS) is 14.6. The Morgan fingerprint density at radius 1 is 1.26 bits per heavy atom. The Morgan fingerprint density at radius 2 is 2.00 bits per heavy atom.